The van der Waals surface area contributed by atoms with E-state index >= 15 is 0 Å². The topological polar surface area (TPSA) is 173 Å². The summed E-state index contributed by atoms with van der Waals surface area (Å²) in [6, 6.07) is 8.55. The predicted octanol–water partition coefficient (Wildman–Crippen LogP) is 2.23. The van der Waals surface area contributed by atoms with Crippen LogP contribution in [0.4, 0.5) is 0 Å². The Morgan fingerprint density at radius 3 is 1.83 bits per heavy atom. The van der Waals surface area contributed by atoms with Gasteiger partial charge in [0.25, 0.3) is 0 Å². The molecule has 4 rings (SSSR count). The normalized spacial score (nSPS) is 18.1. The molecule has 11 nitrogen and oxygen atoms in total. The summed E-state index contributed by atoms with van der Waals surface area (Å²) in [5, 5.41) is 15.7. The third-order valence-corrected chi connectivity index (χ3v) is 7.10. The fourth-order valence-corrected chi connectivity index (χ4v) is 5.09. The number of ether oxygens (including phenoxy) is 1. The lowest BCUT2D eigenvalue weighted by molar-refractivity contribution is -0.121. The third kappa shape index (κ3) is 6.30. The van der Waals surface area contributed by atoms with Crippen molar-refractivity contribution in [1.29, 1.82) is 0 Å². The van der Waals surface area contributed by atoms with E-state index in [0.29, 0.717) is 19.4 Å². The first kappa shape index (κ1) is 29.5. The molecule has 0 bridgehead atoms. The SMILES string of the molecule is CC(=O)NCCCC(=O)C1C(=O)c2ccc(Oc3ccc4c(c3)C(=O)C(C(O)CCCNC(C)=O)C4=O)cc2C1=O. The van der Waals surface area contributed by atoms with Crippen molar-refractivity contribution in [2.24, 2.45) is 11.8 Å². The molecule has 2 amide bonds. The van der Waals surface area contributed by atoms with Gasteiger partial charge < -0.3 is 20.5 Å². The Morgan fingerprint density at radius 1 is 0.756 bits per heavy atom. The van der Waals surface area contributed by atoms with E-state index in [1.165, 1.54) is 50.2 Å². The quantitative estimate of drug-likeness (QED) is 0.259. The van der Waals surface area contributed by atoms with Gasteiger partial charge >= 0.3 is 0 Å². The number of ketones is 5. The van der Waals surface area contributed by atoms with Crippen molar-refractivity contribution in [3.05, 3.63) is 58.7 Å². The van der Waals surface area contributed by atoms with Crippen LogP contribution in [0.25, 0.3) is 0 Å². The summed E-state index contributed by atoms with van der Waals surface area (Å²) >= 11 is 0. The molecule has 2 aromatic carbocycles. The Labute approximate surface area is 235 Å². The summed E-state index contributed by atoms with van der Waals surface area (Å²) in [7, 11) is 0. The minimum atomic E-state index is -1.43. The fourth-order valence-electron chi connectivity index (χ4n) is 5.09. The number of aliphatic hydroxyl groups excluding tert-OH is 1. The molecular formula is C30H30N2O9. The van der Waals surface area contributed by atoms with Crippen molar-refractivity contribution in [1.82, 2.24) is 10.6 Å². The zero-order valence-electron chi connectivity index (χ0n) is 22.7. The molecular weight excluding hydrogens is 532 g/mol. The van der Waals surface area contributed by atoms with Crippen LogP contribution in [0.5, 0.6) is 11.5 Å². The molecule has 3 N–H and O–H groups in total. The van der Waals surface area contributed by atoms with E-state index in [9.17, 15) is 38.7 Å². The standard InChI is InChI=1S/C30H30N2O9/c1-15(33)31-11-3-5-23(35)25-27(37)19-9-7-17(13-21(19)29(25)39)41-18-8-10-20-22(14-18)30(40)26(28(20)38)24(36)6-4-12-32-16(2)34/h7-10,13-14,23,25-26,35H,3-6,11-12H2,1-2H3,(H,31,33)(H,32,34). The maximum atomic E-state index is 13.0. The van der Waals surface area contributed by atoms with Crippen molar-refractivity contribution < 1.29 is 43.4 Å². The highest BCUT2D eigenvalue weighted by Gasteiger charge is 2.44. The smallest absolute Gasteiger partial charge is 0.216 e. The maximum absolute atomic E-state index is 13.0. The van der Waals surface area contributed by atoms with Gasteiger partial charge in [-0.1, -0.05) is 0 Å². The summed E-state index contributed by atoms with van der Waals surface area (Å²) in [6.45, 7) is 3.29. The lowest BCUT2D eigenvalue weighted by Crippen LogP contribution is -2.31. The molecule has 2 aliphatic carbocycles. The summed E-state index contributed by atoms with van der Waals surface area (Å²) in [5.41, 5.74) is 0.453. The monoisotopic (exact) mass is 562 g/mol. The van der Waals surface area contributed by atoms with Gasteiger partial charge in [0.2, 0.25) is 11.8 Å². The van der Waals surface area contributed by atoms with Gasteiger partial charge in [-0.2, -0.15) is 0 Å². The number of rotatable bonds is 12. The van der Waals surface area contributed by atoms with Crippen molar-refractivity contribution in [3.63, 3.8) is 0 Å². The molecule has 0 aromatic heterocycles. The van der Waals surface area contributed by atoms with Crippen LogP contribution in [-0.2, 0) is 14.4 Å². The first-order valence-corrected chi connectivity index (χ1v) is 13.3. The van der Waals surface area contributed by atoms with Crippen molar-refractivity contribution >= 4 is 40.7 Å². The summed E-state index contributed by atoms with van der Waals surface area (Å²) in [4.78, 5) is 86.2. The van der Waals surface area contributed by atoms with Gasteiger partial charge in [0.1, 0.15) is 23.3 Å². The van der Waals surface area contributed by atoms with Crippen LogP contribution >= 0.6 is 0 Å². The Bertz CT molecular complexity index is 1460. The molecule has 0 spiro atoms. The van der Waals surface area contributed by atoms with Gasteiger partial charge in [0.05, 0.1) is 6.10 Å². The first-order chi connectivity index (χ1) is 19.5. The zero-order chi connectivity index (χ0) is 29.8. The van der Waals surface area contributed by atoms with Crippen LogP contribution in [0.15, 0.2) is 36.4 Å². The van der Waals surface area contributed by atoms with Gasteiger partial charge in [-0.15, -0.1) is 0 Å². The van der Waals surface area contributed by atoms with Gasteiger partial charge in [-0.05, 0) is 55.7 Å². The second kappa shape index (κ2) is 12.3. The Balaban J connectivity index is 1.43. The molecule has 2 aliphatic rings. The third-order valence-electron chi connectivity index (χ3n) is 7.10. The summed E-state index contributed by atoms with van der Waals surface area (Å²) in [5.74, 6) is -5.46. The van der Waals surface area contributed by atoms with Gasteiger partial charge in [0, 0.05) is 55.6 Å². The number of Topliss-reactive ketones (excluding diaryl/α,β-unsaturated/α-hetero) is 5. The molecule has 11 heteroatoms. The molecule has 41 heavy (non-hydrogen) atoms. The Kier molecular flexibility index (Phi) is 8.87. The number of aliphatic hydroxyl groups is 1. The zero-order valence-corrected chi connectivity index (χ0v) is 22.7. The second-order valence-electron chi connectivity index (χ2n) is 10.1. The minimum absolute atomic E-state index is 0.0351. The van der Waals surface area contributed by atoms with E-state index < -0.39 is 46.9 Å². The number of carbonyl (C=O) groups is 7. The van der Waals surface area contributed by atoms with Gasteiger partial charge in [-0.3, -0.25) is 33.6 Å². The van der Waals surface area contributed by atoms with Crippen molar-refractivity contribution in [2.45, 2.75) is 45.6 Å². The van der Waals surface area contributed by atoms with E-state index in [1.54, 1.807) is 0 Å². The number of carbonyl (C=O) groups excluding carboxylic acids is 7. The molecule has 0 radical (unpaired) electrons. The van der Waals surface area contributed by atoms with Crippen molar-refractivity contribution in [2.75, 3.05) is 13.1 Å². The molecule has 3 unspecified atom stereocenters. The van der Waals surface area contributed by atoms with E-state index in [4.69, 9.17) is 4.74 Å². The largest absolute Gasteiger partial charge is 0.457 e. The second-order valence-corrected chi connectivity index (χ2v) is 10.1. The average Bonchev–Trinajstić information content (AvgIpc) is 3.32. The highest BCUT2D eigenvalue weighted by atomic mass is 16.5. The molecule has 214 valence electrons. The molecule has 2 aromatic rings. The van der Waals surface area contributed by atoms with Crippen LogP contribution in [0.3, 0.4) is 0 Å². The number of hydrogen-bond acceptors (Lipinski definition) is 9. The van der Waals surface area contributed by atoms with Crippen LogP contribution in [0.1, 0.15) is 81.0 Å². The Hall–Kier alpha value is -4.51. The van der Waals surface area contributed by atoms with Crippen LogP contribution in [0, 0.1) is 11.8 Å². The highest BCUT2D eigenvalue weighted by molar-refractivity contribution is 6.35. The van der Waals surface area contributed by atoms with E-state index in [0.717, 1.165) is 0 Å². The fraction of sp³-hybridized carbons (Fsp3) is 0.367. The Morgan fingerprint density at radius 2 is 1.24 bits per heavy atom. The number of fused-ring (bicyclic) bond motifs is 2. The molecule has 0 aliphatic heterocycles. The van der Waals surface area contributed by atoms with Gasteiger partial charge in [0.15, 0.2) is 28.9 Å². The highest BCUT2D eigenvalue weighted by Crippen LogP contribution is 2.36. The molecule has 0 saturated carbocycles. The number of hydrogen-bond donors (Lipinski definition) is 3. The molecule has 3 atom stereocenters. The van der Waals surface area contributed by atoms with Crippen LogP contribution < -0.4 is 15.4 Å². The first-order valence-electron chi connectivity index (χ1n) is 13.3. The minimum Gasteiger partial charge on any atom is -0.457 e. The average molecular weight is 563 g/mol. The lowest BCUT2D eigenvalue weighted by atomic mass is 9.93. The van der Waals surface area contributed by atoms with E-state index in [-0.39, 0.29) is 65.0 Å². The maximum Gasteiger partial charge on any atom is 0.216 e. The summed E-state index contributed by atoms with van der Waals surface area (Å²) in [6.07, 6.45) is -0.394. The number of benzene rings is 2. The molecule has 0 saturated heterocycles. The van der Waals surface area contributed by atoms with E-state index in [1.807, 2.05) is 0 Å². The lowest BCUT2D eigenvalue weighted by Gasteiger charge is -2.15. The molecule has 0 heterocycles. The van der Waals surface area contributed by atoms with Gasteiger partial charge in [-0.25, -0.2) is 0 Å². The summed E-state index contributed by atoms with van der Waals surface area (Å²) < 4.78 is 5.84. The van der Waals surface area contributed by atoms with Crippen molar-refractivity contribution in [3.8, 4) is 11.5 Å². The van der Waals surface area contributed by atoms with Crippen LogP contribution in [-0.4, -0.2) is 65.0 Å². The van der Waals surface area contributed by atoms with Crippen LogP contribution in [0.2, 0.25) is 0 Å². The molecule has 0 fully saturated rings. The predicted molar refractivity (Wildman–Crippen MR) is 144 cm³/mol. The number of amides is 2. The number of nitrogens with one attached hydrogen (secondary N) is 2. The van der Waals surface area contributed by atoms with E-state index in [2.05, 4.69) is 10.6 Å².